The number of aryl methyl sites for hydroxylation is 1. The van der Waals surface area contributed by atoms with Crippen LogP contribution in [-0.4, -0.2) is 64.7 Å². The lowest BCUT2D eigenvalue weighted by molar-refractivity contribution is -0.130. The van der Waals surface area contributed by atoms with Crippen LogP contribution in [0.3, 0.4) is 0 Å². The Bertz CT molecular complexity index is 1470. The van der Waals surface area contributed by atoms with Crippen LogP contribution in [0.25, 0.3) is 0 Å². The molecule has 0 saturated carbocycles. The van der Waals surface area contributed by atoms with Crippen LogP contribution in [0.1, 0.15) is 5.56 Å². The Morgan fingerprint density at radius 3 is 1.78 bits per heavy atom. The van der Waals surface area contributed by atoms with Crippen molar-refractivity contribution in [1.82, 2.24) is 9.21 Å². The van der Waals surface area contributed by atoms with E-state index in [-0.39, 0.29) is 41.7 Å². The van der Waals surface area contributed by atoms with Crippen LogP contribution < -0.4 is 4.31 Å². The highest BCUT2D eigenvalue weighted by Gasteiger charge is 2.33. The van der Waals surface area contributed by atoms with E-state index in [1.165, 1.54) is 33.5 Å². The van der Waals surface area contributed by atoms with Gasteiger partial charge in [0.2, 0.25) is 15.9 Å². The topological polar surface area (TPSA) is 95.1 Å². The number of hydrogen-bond donors (Lipinski definition) is 0. The summed E-state index contributed by atoms with van der Waals surface area (Å²) in [6.45, 7) is 1.48. The van der Waals surface area contributed by atoms with Gasteiger partial charge in [-0.05, 0) is 67.6 Å². The van der Waals surface area contributed by atoms with E-state index in [0.29, 0.717) is 0 Å². The zero-order valence-electron chi connectivity index (χ0n) is 19.9. The number of carbonyl (C=O) groups excluding carboxylic acids is 1. The molecule has 1 fully saturated rings. The Hall–Kier alpha value is -3.35. The van der Waals surface area contributed by atoms with Gasteiger partial charge in [-0.3, -0.25) is 9.10 Å². The van der Waals surface area contributed by atoms with Gasteiger partial charge in [0.1, 0.15) is 18.2 Å². The first-order chi connectivity index (χ1) is 17.5. The Kier molecular flexibility index (Phi) is 7.62. The maximum Gasteiger partial charge on any atom is 0.264 e. The molecule has 0 radical (unpaired) electrons. The zero-order chi connectivity index (χ0) is 26.8. The average Bonchev–Trinajstić information content (AvgIpc) is 2.88. The molecule has 0 bridgehead atoms. The lowest BCUT2D eigenvalue weighted by Gasteiger charge is -2.35. The fraction of sp³-hybridized carbons (Fsp3) is 0.240. The number of anilines is 1. The molecular formula is C25H25F2N3O5S2. The molecular weight excluding hydrogens is 524 g/mol. The van der Waals surface area contributed by atoms with Crippen molar-refractivity contribution in [3.8, 4) is 0 Å². The van der Waals surface area contributed by atoms with Crippen molar-refractivity contribution in [1.29, 1.82) is 0 Å². The Morgan fingerprint density at radius 1 is 0.757 bits per heavy atom. The van der Waals surface area contributed by atoms with Crippen LogP contribution in [0.4, 0.5) is 14.5 Å². The fourth-order valence-electron chi connectivity index (χ4n) is 3.92. The van der Waals surface area contributed by atoms with E-state index in [1.807, 2.05) is 6.92 Å². The van der Waals surface area contributed by atoms with Crippen LogP contribution in [0.5, 0.6) is 0 Å². The highest BCUT2D eigenvalue weighted by Crippen LogP contribution is 2.25. The van der Waals surface area contributed by atoms with Crippen LogP contribution in [0, 0.1) is 18.6 Å². The molecule has 4 rings (SSSR count). The Balaban J connectivity index is 1.52. The molecule has 196 valence electrons. The summed E-state index contributed by atoms with van der Waals surface area (Å²) in [6.07, 6.45) is 0. The van der Waals surface area contributed by atoms with Gasteiger partial charge < -0.3 is 4.90 Å². The van der Waals surface area contributed by atoms with Gasteiger partial charge in [-0.1, -0.05) is 17.7 Å². The van der Waals surface area contributed by atoms with Crippen molar-refractivity contribution in [2.24, 2.45) is 0 Å². The van der Waals surface area contributed by atoms with Gasteiger partial charge in [-0.25, -0.2) is 25.6 Å². The van der Waals surface area contributed by atoms with Crippen LogP contribution in [0.2, 0.25) is 0 Å². The molecule has 1 amide bonds. The summed E-state index contributed by atoms with van der Waals surface area (Å²) in [6, 6.07) is 15.2. The van der Waals surface area contributed by atoms with Crippen LogP contribution in [-0.2, 0) is 24.8 Å². The van der Waals surface area contributed by atoms with Gasteiger partial charge in [-0.15, -0.1) is 0 Å². The highest BCUT2D eigenvalue weighted by molar-refractivity contribution is 7.92. The summed E-state index contributed by atoms with van der Waals surface area (Å²) in [5.41, 5.74) is 0.982. The maximum absolute atomic E-state index is 13.5. The number of carbonyl (C=O) groups is 1. The van der Waals surface area contributed by atoms with Gasteiger partial charge in [-0.2, -0.15) is 4.31 Å². The van der Waals surface area contributed by atoms with E-state index in [2.05, 4.69) is 0 Å². The summed E-state index contributed by atoms with van der Waals surface area (Å²) in [5, 5.41) is 0. The molecule has 0 N–H and O–H groups in total. The van der Waals surface area contributed by atoms with Crippen molar-refractivity contribution in [2.75, 3.05) is 37.0 Å². The van der Waals surface area contributed by atoms with Crippen molar-refractivity contribution < 1.29 is 30.4 Å². The van der Waals surface area contributed by atoms with Gasteiger partial charge in [0, 0.05) is 26.2 Å². The number of benzene rings is 3. The predicted molar refractivity (Wildman–Crippen MR) is 134 cm³/mol. The molecule has 8 nitrogen and oxygen atoms in total. The second-order valence-corrected chi connectivity index (χ2v) is 12.3. The lowest BCUT2D eigenvalue weighted by Crippen LogP contribution is -2.53. The number of rotatable bonds is 7. The minimum Gasteiger partial charge on any atom is -0.338 e. The standard InChI is InChI=1S/C25H25F2N3O5S2/c1-19-2-10-23(11-3-19)36(32,33)29-16-14-28(15-17-29)25(31)18-30(22-8-4-20(26)5-9-22)37(34,35)24-12-6-21(27)7-13-24/h2-13H,14-18H2,1H3. The third-order valence-corrected chi connectivity index (χ3v) is 9.75. The number of piperazine rings is 1. The second kappa shape index (κ2) is 10.6. The number of nitrogens with zero attached hydrogens (tertiary/aromatic N) is 3. The molecule has 1 heterocycles. The van der Waals surface area contributed by atoms with Gasteiger partial charge in [0.25, 0.3) is 10.0 Å². The molecule has 1 aliphatic heterocycles. The van der Waals surface area contributed by atoms with E-state index in [1.54, 1.807) is 12.1 Å². The molecule has 37 heavy (non-hydrogen) atoms. The lowest BCUT2D eigenvalue weighted by atomic mass is 10.2. The largest absolute Gasteiger partial charge is 0.338 e. The number of amides is 1. The molecule has 0 atom stereocenters. The molecule has 0 unspecified atom stereocenters. The second-order valence-electron chi connectivity index (χ2n) is 8.54. The average molecular weight is 550 g/mol. The maximum atomic E-state index is 13.5. The first-order valence-electron chi connectivity index (χ1n) is 11.4. The van der Waals surface area contributed by atoms with E-state index < -0.39 is 44.1 Å². The molecule has 3 aromatic carbocycles. The first-order valence-corrected chi connectivity index (χ1v) is 14.2. The third kappa shape index (κ3) is 5.81. The van der Waals surface area contributed by atoms with E-state index in [4.69, 9.17) is 0 Å². The third-order valence-electron chi connectivity index (χ3n) is 6.05. The summed E-state index contributed by atoms with van der Waals surface area (Å²) < 4.78 is 81.6. The Labute approximate surface area is 214 Å². The van der Waals surface area contributed by atoms with E-state index in [0.717, 1.165) is 46.3 Å². The number of halogens is 2. The minimum atomic E-state index is -4.30. The van der Waals surface area contributed by atoms with Crippen molar-refractivity contribution in [3.05, 3.63) is 90.0 Å². The smallest absolute Gasteiger partial charge is 0.264 e. The Morgan fingerprint density at radius 2 is 1.24 bits per heavy atom. The normalized spacial score (nSPS) is 14.9. The summed E-state index contributed by atoms with van der Waals surface area (Å²) >= 11 is 0. The van der Waals surface area contributed by atoms with Gasteiger partial charge in [0.15, 0.2) is 0 Å². The van der Waals surface area contributed by atoms with E-state index in [9.17, 15) is 30.4 Å². The van der Waals surface area contributed by atoms with Crippen molar-refractivity contribution in [3.63, 3.8) is 0 Å². The van der Waals surface area contributed by atoms with Gasteiger partial charge in [0.05, 0.1) is 15.5 Å². The molecule has 12 heteroatoms. The SMILES string of the molecule is Cc1ccc(S(=O)(=O)N2CCN(C(=O)CN(c3ccc(F)cc3)S(=O)(=O)c3ccc(F)cc3)CC2)cc1. The minimum absolute atomic E-state index is 0.0449. The van der Waals surface area contributed by atoms with Crippen molar-refractivity contribution >= 4 is 31.6 Å². The van der Waals surface area contributed by atoms with Crippen LogP contribution >= 0.6 is 0 Å². The van der Waals surface area contributed by atoms with Crippen LogP contribution in [0.15, 0.2) is 82.6 Å². The quantitative estimate of drug-likeness (QED) is 0.452. The van der Waals surface area contributed by atoms with Crippen molar-refractivity contribution in [2.45, 2.75) is 16.7 Å². The summed E-state index contributed by atoms with van der Waals surface area (Å²) in [4.78, 5) is 14.5. The molecule has 0 aliphatic carbocycles. The summed E-state index contributed by atoms with van der Waals surface area (Å²) in [5.74, 6) is -1.76. The monoisotopic (exact) mass is 549 g/mol. The highest BCUT2D eigenvalue weighted by atomic mass is 32.2. The number of hydrogen-bond acceptors (Lipinski definition) is 5. The number of sulfonamides is 2. The zero-order valence-corrected chi connectivity index (χ0v) is 21.6. The molecule has 0 spiro atoms. The molecule has 0 aromatic heterocycles. The predicted octanol–water partition coefficient (Wildman–Crippen LogP) is 3.00. The molecule has 1 aliphatic rings. The molecule has 1 saturated heterocycles. The summed E-state index contributed by atoms with van der Waals surface area (Å²) in [7, 11) is -8.04. The first kappa shape index (κ1) is 26.7. The van der Waals surface area contributed by atoms with Gasteiger partial charge >= 0.3 is 0 Å². The molecule has 3 aromatic rings. The fourth-order valence-corrected chi connectivity index (χ4v) is 6.75. The van der Waals surface area contributed by atoms with E-state index >= 15 is 0 Å².